The van der Waals surface area contributed by atoms with E-state index in [1.807, 2.05) is 33.8 Å². The summed E-state index contributed by atoms with van der Waals surface area (Å²) in [5, 5.41) is 0.472. The van der Waals surface area contributed by atoms with Crippen molar-refractivity contribution in [3.05, 3.63) is 55.0 Å². The van der Waals surface area contributed by atoms with Crippen LogP contribution >= 0.6 is 11.6 Å². The molecule has 0 radical (unpaired) electrons. The number of amides is 1. The first-order chi connectivity index (χ1) is 16.0. The molecule has 8 heteroatoms. The van der Waals surface area contributed by atoms with Crippen LogP contribution in [0.4, 0.5) is 0 Å². The highest BCUT2D eigenvalue weighted by Crippen LogP contribution is 2.55. The van der Waals surface area contributed by atoms with Crippen LogP contribution in [0, 0.1) is 26.7 Å². The van der Waals surface area contributed by atoms with Gasteiger partial charge in [0.25, 0.3) is 17.3 Å². The molecular formula is C26H32ClN3O4. The molecule has 1 N–H and O–H groups in total. The summed E-state index contributed by atoms with van der Waals surface area (Å²) in [6.45, 7) is 8.38. The molecule has 1 amide bonds. The van der Waals surface area contributed by atoms with Crippen molar-refractivity contribution in [2.24, 2.45) is 5.92 Å². The van der Waals surface area contributed by atoms with Crippen LogP contribution in [0.15, 0.2) is 10.9 Å². The van der Waals surface area contributed by atoms with Crippen molar-refractivity contribution in [1.29, 1.82) is 0 Å². The number of hydrogen-bond donors (Lipinski definition) is 1. The summed E-state index contributed by atoms with van der Waals surface area (Å²) in [4.78, 5) is 33.0. The fraction of sp³-hybridized carbons (Fsp3) is 0.538. The smallest absolute Gasteiger partial charge is 0.254 e. The van der Waals surface area contributed by atoms with Crippen molar-refractivity contribution in [3.8, 4) is 11.5 Å². The van der Waals surface area contributed by atoms with E-state index in [-0.39, 0.29) is 23.9 Å². The molecule has 1 aliphatic carbocycles. The van der Waals surface area contributed by atoms with Crippen LogP contribution in [0.2, 0.25) is 5.02 Å². The fourth-order valence-corrected chi connectivity index (χ4v) is 5.86. The highest BCUT2D eigenvalue weighted by molar-refractivity contribution is 6.34. The number of nitrogens with one attached hydrogen (secondary N) is 1. The number of H-pyrrole nitrogens is 1. The molecule has 1 saturated carbocycles. The lowest BCUT2D eigenvalue weighted by Gasteiger charge is -2.45. The predicted molar refractivity (Wildman–Crippen MR) is 131 cm³/mol. The van der Waals surface area contributed by atoms with Gasteiger partial charge in [0.05, 0.1) is 17.1 Å². The fourth-order valence-electron chi connectivity index (χ4n) is 5.55. The number of hydrogen-bond acceptors (Lipinski definition) is 5. The van der Waals surface area contributed by atoms with Gasteiger partial charge in [-0.25, -0.2) is 0 Å². The Labute approximate surface area is 205 Å². The zero-order chi connectivity index (χ0) is 24.5. The molecule has 1 aromatic heterocycles. The minimum absolute atomic E-state index is 0.128. The quantitative estimate of drug-likeness (QED) is 0.709. The van der Waals surface area contributed by atoms with Crippen LogP contribution in [0.1, 0.15) is 58.1 Å². The molecule has 2 aliphatic heterocycles. The maximum absolute atomic E-state index is 13.6. The Balaban J connectivity index is 1.45. The third-order valence-corrected chi connectivity index (χ3v) is 8.26. The molecule has 34 heavy (non-hydrogen) atoms. The molecule has 3 heterocycles. The summed E-state index contributed by atoms with van der Waals surface area (Å²) in [7, 11) is 4.18. The minimum atomic E-state index is -0.789. The molecule has 3 aliphatic rings. The second-order valence-electron chi connectivity index (χ2n) is 10.4. The van der Waals surface area contributed by atoms with Gasteiger partial charge in [-0.05, 0) is 71.3 Å². The van der Waals surface area contributed by atoms with E-state index in [9.17, 15) is 9.59 Å². The molecule has 0 spiro atoms. The second-order valence-corrected chi connectivity index (χ2v) is 10.8. The van der Waals surface area contributed by atoms with Crippen LogP contribution < -0.4 is 15.0 Å². The molecule has 0 saturated heterocycles. The standard InChI is InChI=1S/C26H32ClN3O4/c1-13-9-14(2)28-24(31)19(13)12-30-8-7-18-20(25(30)32)15(3)22-23(21(18)27)34-26(4,33-22)16-10-17(11-16)29(5)6/h9,16-17H,7-8,10-12H2,1-6H3,(H,28,31). The first kappa shape index (κ1) is 23.2. The maximum atomic E-state index is 13.6. The van der Waals surface area contributed by atoms with E-state index >= 15 is 0 Å². The Kier molecular flexibility index (Phi) is 5.48. The van der Waals surface area contributed by atoms with Crippen molar-refractivity contribution >= 4 is 17.5 Å². The Hall–Kier alpha value is -2.51. The van der Waals surface area contributed by atoms with Crippen LogP contribution in [-0.4, -0.2) is 53.2 Å². The van der Waals surface area contributed by atoms with Crippen LogP contribution in [0.5, 0.6) is 11.5 Å². The van der Waals surface area contributed by atoms with Gasteiger partial charge >= 0.3 is 0 Å². The zero-order valence-corrected chi connectivity index (χ0v) is 21.4. The van der Waals surface area contributed by atoms with E-state index in [0.29, 0.717) is 46.7 Å². The Bertz CT molecular complexity index is 1250. The molecular weight excluding hydrogens is 454 g/mol. The van der Waals surface area contributed by atoms with Crippen LogP contribution in [0.25, 0.3) is 0 Å². The van der Waals surface area contributed by atoms with Gasteiger partial charge in [0.2, 0.25) is 0 Å². The summed E-state index contributed by atoms with van der Waals surface area (Å²) in [6.07, 6.45) is 2.58. The minimum Gasteiger partial charge on any atom is -0.448 e. The average molecular weight is 486 g/mol. The number of carbonyl (C=O) groups excluding carboxylic acids is 1. The molecule has 182 valence electrons. The normalized spacial score (nSPS) is 25.5. The molecule has 1 atom stereocenters. The van der Waals surface area contributed by atoms with E-state index in [1.165, 1.54) is 0 Å². The lowest BCUT2D eigenvalue weighted by Crippen LogP contribution is -2.54. The number of nitrogens with zero attached hydrogens (tertiary/aromatic N) is 2. The molecule has 7 nitrogen and oxygen atoms in total. The summed E-state index contributed by atoms with van der Waals surface area (Å²) in [5.74, 6) is 0.460. The van der Waals surface area contributed by atoms with Crippen molar-refractivity contribution in [3.63, 3.8) is 0 Å². The number of benzene rings is 1. The second kappa shape index (κ2) is 8.02. The van der Waals surface area contributed by atoms with E-state index in [0.717, 1.165) is 35.2 Å². The summed E-state index contributed by atoms with van der Waals surface area (Å²) < 4.78 is 12.8. The molecule has 1 fully saturated rings. The number of fused-ring (bicyclic) bond motifs is 2. The van der Waals surface area contributed by atoms with Crippen LogP contribution in [-0.2, 0) is 13.0 Å². The van der Waals surface area contributed by atoms with Gasteiger partial charge in [-0.3, -0.25) is 9.59 Å². The number of rotatable bonds is 4. The van der Waals surface area contributed by atoms with Crippen molar-refractivity contribution < 1.29 is 14.3 Å². The Morgan fingerprint density at radius 1 is 1.18 bits per heavy atom. The van der Waals surface area contributed by atoms with Crippen molar-refractivity contribution in [2.75, 3.05) is 20.6 Å². The first-order valence-electron chi connectivity index (χ1n) is 11.9. The summed E-state index contributed by atoms with van der Waals surface area (Å²) >= 11 is 6.82. The number of ether oxygens (including phenoxy) is 2. The van der Waals surface area contributed by atoms with Crippen molar-refractivity contribution in [1.82, 2.24) is 14.8 Å². The lowest BCUT2D eigenvalue weighted by atomic mass is 9.74. The van der Waals surface area contributed by atoms with E-state index in [1.54, 1.807) is 4.90 Å². The number of aromatic nitrogens is 1. The molecule has 0 bridgehead atoms. The average Bonchev–Trinajstić information content (AvgIpc) is 3.07. The highest BCUT2D eigenvalue weighted by atomic mass is 35.5. The van der Waals surface area contributed by atoms with Crippen molar-refractivity contribution in [2.45, 2.75) is 65.3 Å². The van der Waals surface area contributed by atoms with Gasteiger partial charge in [0, 0.05) is 42.2 Å². The topological polar surface area (TPSA) is 74.9 Å². The third-order valence-electron chi connectivity index (χ3n) is 7.86. The van der Waals surface area contributed by atoms with Gasteiger partial charge in [-0.1, -0.05) is 11.6 Å². The number of halogens is 1. The third kappa shape index (κ3) is 3.52. The SMILES string of the molecule is Cc1cc(C)c(CN2CCc3c(Cl)c4c(c(C)c3C2=O)OC(C)(C2CC(N(C)C)C2)O4)c(=O)[nH]1. The number of aryl methyl sites for hydroxylation is 2. The molecule has 1 unspecified atom stereocenters. The molecule has 5 rings (SSSR count). The van der Waals surface area contributed by atoms with Crippen LogP contribution in [0.3, 0.4) is 0 Å². The van der Waals surface area contributed by atoms with E-state index in [2.05, 4.69) is 24.0 Å². The Morgan fingerprint density at radius 3 is 2.50 bits per heavy atom. The number of pyridine rings is 1. The Morgan fingerprint density at radius 2 is 1.85 bits per heavy atom. The maximum Gasteiger partial charge on any atom is 0.254 e. The summed E-state index contributed by atoms with van der Waals surface area (Å²) in [5.41, 5.74) is 4.29. The monoisotopic (exact) mass is 485 g/mol. The van der Waals surface area contributed by atoms with E-state index in [4.69, 9.17) is 21.1 Å². The van der Waals surface area contributed by atoms with E-state index < -0.39 is 5.79 Å². The predicted octanol–water partition coefficient (Wildman–Crippen LogP) is 3.98. The first-order valence-corrected chi connectivity index (χ1v) is 12.3. The van der Waals surface area contributed by atoms with Gasteiger partial charge in [-0.2, -0.15) is 0 Å². The number of carbonyl (C=O) groups is 1. The van der Waals surface area contributed by atoms with Gasteiger partial charge in [0.1, 0.15) is 0 Å². The number of aromatic amines is 1. The molecule has 2 aromatic rings. The summed E-state index contributed by atoms with van der Waals surface area (Å²) in [6, 6.07) is 2.45. The zero-order valence-electron chi connectivity index (χ0n) is 20.7. The lowest BCUT2D eigenvalue weighted by molar-refractivity contribution is -0.148. The highest BCUT2D eigenvalue weighted by Gasteiger charge is 2.52. The largest absolute Gasteiger partial charge is 0.448 e. The van der Waals surface area contributed by atoms with Gasteiger partial charge in [0.15, 0.2) is 11.5 Å². The van der Waals surface area contributed by atoms with Gasteiger partial charge < -0.3 is 24.3 Å². The van der Waals surface area contributed by atoms with Gasteiger partial charge in [-0.15, -0.1) is 0 Å². The molecule has 1 aromatic carbocycles.